The molecule has 0 radical (unpaired) electrons. The zero-order chi connectivity index (χ0) is 10.6. The third-order valence-corrected chi connectivity index (χ3v) is 3.27. The SMILES string of the molecule is COC(=O)N[C@@H]1C(=O)O[C@@H]2[C@@H]1C[C@H]1O[C@H]21. The summed E-state index contributed by atoms with van der Waals surface area (Å²) >= 11 is 0. The maximum Gasteiger partial charge on any atom is 0.407 e. The van der Waals surface area contributed by atoms with Crippen molar-refractivity contribution in [2.75, 3.05) is 7.11 Å². The van der Waals surface area contributed by atoms with Crippen molar-refractivity contribution < 1.29 is 23.8 Å². The molecule has 2 heterocycles. The van der Waals surface area contributed by atoms with Crippen LogP contribution in [-0.4, -0.2) is 43.5 Å². The molecule has 1 saturated carbocycles. The maximum absolute atomic E-state index is 11.5. The maximum atomic E-state index is 11.5. The second-order valence-electron chi connectivity index (χ2n) is 4.05. The third-order valence-electron chi connectivity index (χ3n) is 3.27. The second kappa shape index (κ2) is 2.85. The summed E-state index contributed by atoms with van der Waals surface area (Å²) in [7, 11) is 1.27. The number of esters is 1. The Bertz CT molecular complexity index is 330. The number of alkyl carbamates (subject to hydrolysis) is 1. The van der Waals surface area contributed by atoms with E-state index in [-0.39, 0.29) is 30.2 Å². The van der Waals surface area contributed by atoms with Crippen LogP contribution in [0.15, 0.2) is 0 Å². The van der Waals surface area contributed by atoms with E-state index >= 15 is 0 Å². The molecule has 82 valence electrons. The van der Waals surface area contributed by atoms with E-state index in [1.54, 1.807) is 0 Å². The van der Waals surface area contributed by atoms with Crippen molar-refractivity contribution in [1.29, 1.82) is 0 Å². The van der Waals surface area contributed by atoms with Crippen molar-refractivity contribution in [3.8, 4) is 0 Å². The van der Waals surface area contributed by atoms with E-state index in [2.05, 4.69) is 10.1 Å². The van der Waals surface area contributed by atoms with Crippen molar-refractivity contribution in [2.45, 2.75) is 30.8 Å². The summed E-state index contributed by atoms with van der Waals surface area (Å²) in [5, 5.41) is 2.50. The van der Waals surface area contributed by atoms with Crippen LogP contribution in [0.3, 0.4) is 0 Å². The molecular weight excluding hydrogens is 202 g/mol. The van der Waals surface area contributed by atoms with Crippen LogP contribution in [0.2, 0.25) is 0 Å². The van der Waals surface area contributed by atoms with Gasteiger partial charge in [0.15, 0.2) is 0 Å². The van der Waals surface area contributed by atoms with Gasteiger partial charge in [-0.1, -0.05) is 0 Å². The predicted octanol–water partition coefficient (Wildman–Crippen LogP) is -0.576. The molecule has 0 unspecified atom stereocenters. The number of carbonyl (C=O) groups is 2. The lowest BCUT2D eigenvalue weighted by Crippen LogP contribution is -2.42. The van der Waals surface area contributed by atoms with Crippen LogP contribution in [0.1, 0.15) is 6.42 Å². The normalized spacial score (nSPS) is 45.4. The molecule has 0 bridgehead atoms. The number of hydrogen-bond donors (Lipinski definition) is 1. The van der Waals surface area contributed by atoms with Crippen LogP contribution < -0.4 is 5.32 Å². The molecule has 0 aromatic rings. The first kappa shape index (κ1) is 8.96. The Kier molecular flexibility index (Phi) is 1.70. The van der Waals surface area contributed by atoms with Gasteiger partial charge in [0.2, 0.25) is 0 Å². The molecule has 0 aromatic heterocycles. The molecule has 5 atom stereocenters. The minimum atomic E-state index is -0.598. The van der Waals surface area contributed by atoms with E-state index in [9.17, 15) is 9.59 Å². The number of hydrogen-bond acceptors (Lipinski definition) is 5. The van der Waals surface area contributed by atoms with Crippen molar-refractivity contribution in [2.24, 2.45) is 5.92 Å². The van der Waals surface area contributed by atoms with E-state index in [4.69, 9.17) is 9.47 Å². The largest absolute Gasteiger partial charge is 0.458 e. The number of amides is 1. The number of ether oxygens (including phenoxy) is 3. The van der Waals surface area contributed by atoms with E-state index < -0.39 is 12.1 Å². The van der Waals surface area contributed by atoms with Gasteiger partial charge >= 0.3 is 12.1 Å². The molecule has 3 fully saturated rings. The molecule has 2 saturated heterocycles. The summed E-state index contributed by atoms with van der Waals surface area (Å²) < 4.78 is 14.9. The van der Waals surface area contributed by atoms with Crippen molar-refractivity contribution in [3.63, 3.8) is 0 Å². The van der Waals surface area contributed by atoms with Gasteiger partial charge in [0.1, 0.15) is 18.2 Å². The lowest BCUT2D eigenvalue weighted by atomic mass is 9.98. The summed E-state index contributed by atoms with van der Waals surface area (Å²) in [5.41, 5.74) is 0. The Morgan fingerprint density at radius 3 is 3.07 bits per heavy atom. The molecule has 2 aliphatic heterocycles. The Labute approximate surface area is 85.9 Å². The molecule has 6 heteroatoms. The molecule has 1 aliphatic carbocycles. The average Bonchev–Trinajstić information content (AvgIpc) is 2.82. The number of carbonyl (C=O) groups excluding carboxylic acids is 2. The van der Waals surface area contributed by atoms with Gasteiger partial charge in [0, 0.05) is 5.92 Å². The molecule has 3 aliphatic rings. The Balaban J connectivity index is 1.72. The van der Waals surface area contributed by atoms with Gasteiger partial charge in [-0.2, -0.15) is 0 Å². The standard InChI is InChI=1S/C9H11NO5/c1-13-9(12)10-5-3-2-4-7(14-4)6(3)15-8(5)11/h3-7H,2H2,1H3,(H,10,12)/t3-,4-,5+,6-,7+/m1/s1. The van der Waals surface area contributed by atoms with Crippen LogP contribution in [0.25, 0.3) is 0 Å². The highest BCUT2D eigenvalue weighted by atomic mass is 16.6. The Morgan fingerprint density at radius 2 is 2.33 bits per heavy atom. The van der Waals surface area contributed by atoms with Crippen LogP contribution in [0, 0.1) is 5.92 Å². The number of epoxide rings is 1. The van der Waals surface area contributed by atoms with E-state index in [0.717, 1.165) is 6.42 Å². The van der Waals surface area contributed by atoms with Crippen LogP contribution in [0.5, 0.6) is 0 Å². The van der Waals surface area contributed by atoms with Gasteiger partial charge in [-0.3, -0.25) is 0 Å². The van der Waals surface area contributed by atoms with Crippen molar-refractivity contribution in [3.05, 3.63) is 0 Å². The van der Waals surface area contributed by atoms with Gasteiger partial charge in [-0.05, 0) is 6.42 Å². The van der Waals surface area contributed by atoms with Crippen LogP contribution in [-0.2, 0) is 19.0 Å². The fourth-order valence-corrected chi connectivity index (χ4v) is 2.50. The number of methoxy groups -OCH3 is 1. The molecule has 0 aromatic carbocycles. The quantitative estimate of drug-likeness (QED) is 0.466. The second-order valence-corrected chi connectivity index (χ2v) is 4.05. The topological polar surface area (TPSA) is 77.2 Å². The smallest absolute Gasteiger partial charge is 0.407 e. The molecule has 3 rings (SSSR count). The number of nitrogens with one attached hydrogen (secondary N) is 1. The van der Waals surface area contributed by atoms with Crippen LogP contribution >= 0.6 is 0 Å². The van der Waals surface area contributed by atoms with Gasteiger partial charge in [0.25, 0.3) is 0 Å². The molecule has 0 spiro atoms. The first-order valence-electron chi connectivity index (χ1n) is 4.91. The Hall–Kier alpha value is -1.30. The average molecular weight is 213 g/mol. The van der Waals surface area contributed by atoms with Gasteiger partial charge in [-0.15, -0.1) is 0 Å². The summed E-state index contributed by atoms with van der Waals surface area (Å²) in [6.45, 7) is 0. The number of fused-ring (bicyclic) bond motifs is 3. The highest BCUT2D eigenvalue weighted by Gasteiger charge is 2.64. The fraction of sp³-hybridized carbons (Fsp3) is 0.778. The highest BCUT2D eigenvalue weighted by molar-refractivity contribution is 5.84. The minimum Gasteiger partial charge on any atom is -0.458 e. The molecule has 15 heavy (non-hydrogen) atoms. The minimum absolute atomic E-state index is 0.0420. The van der Waals surface area contributed by atoms with E-state index in [1.165, 1.54) is 7.11 Å². The zero-order valence-corrected chi connectivity index (χ0v) is 8.14. The summed E-state index contributed by atoms with van der Waals surface area (Å²) in [6.07, 6.45) is 0.276. The molecule has 1 amide bonds. The van der Waals surface area contributed by atoms with E-state index in [0.29, 0.717) is 0 Å². The summed E-state index contributed by atoms with van der Waals surface area (Å²) in [4.78, 5) is 22.5. The molecular formula is C9H11NO5. The third kappa shape index (κ3) is 1.21. The van der Waals surface area contributed by atoms with Gasteiger partial charge in [-0.25, -0.2) is 9.59 Å². The monoisotopic (exact) mass is 213 g/mol. The highest BCUT2D eigenvalue weighted by Crippen LogP contribution is 2.48. The first-order chi connectivity index (χ1) is 7.20. The first-order valence-corrected chi connectivity index (χ1v) is 4.91. The lowest BCUT2D eigenvalue weighted by molar-refractivity contribution is -0.143. The summed E-state index contributed by atoms with van der Waals surface area (Å²) in [5.74, 6) is -0.343. The molecule has 6 nitrogen and oxygen atoms in total. The lowest BCUT2D eigenvalue weighted by Gasteiger charge is -2.15. The fourth-order valence-electron chi connectivity index (χ4n) is 2.50. The predicted molar refractivity (Wildman–Crippen MR) is 46.0 cm³/mol. The van der Waals surface area contributed by atoms with Gasteiger partial charge in [0.05, 0.1) is 13.2 Å². The van der Waals surface area contributed by atoms with Gasteiger partial charge < -0.3 is 19.5 Å². The van der Waals surface area contributed by atoms with Crippen LogP contribution in [0.4, 0.5) is 4.79 Å². The number of rotatable bonds is 1. The Morgan fingerprint density at radius 1 is 1.53 bits per heavy atom. The zero-order valence-electron chi connectivity index (χ0n) is 8.14. The van der Waals surface area contributed by atoms with Crippen molar-refractivity contribution >= 4 is 12.1 Å². The van der Waals surface area contributed by atoms with Crippen molar-refractivity contribution in [1.82, 2.24) is 5.32 Å². The summed E-state index contributed by atoms with van der Waals surface area (Å²) in [6, 6.07) is -0.571. The molecule has 1 N–H and O–H groups in total. The van der Waals surface area contributed by atoms with E-state index in [1.807, 2.05) is 0 Å².